The minimum atomic E-state index is -0.544. The van der Waals surface area contributed by atoms with E-state index in [0.717, 1.165) is 16.7 Å². The number of pyridine rings is 1. The lowest BCUT2D eigenvalue weighted by molar-refractivity contribution is 0.177. The number of aromatic nitrogens is 1. The SMILES string of the molecule is Cc1ccc(Cl)cc1C(O)Cc1cccnc1. The third kappa shape index (κ3) is 3.05. The molecule has 0 aliphatic heterocycles. The molecule has 1 heterocycles. The van der Waals surface area contributed by atoms with Gasteiger partial charge in [-0.3, -0.25) is 4.98 Å². The maximum Gasteiger partial charge on any atom is 0.0834 e. The molecule has 2 aromatic rings. The molecule has 0 amide bonds. The van der Waals surface area contributed by atoms with Gasteiger partial charge in [0.15, 0.2) is 0 Å². The molecule has 1 unspecified atom stereocenters. The third-order valence-corrected chi connectivity index (χ3v) is 2.99. The van der Waals surface area contributed by atoms with Gasteiger partial charge in [0.25, 0.3) is 0 Å². The summed E-state index contributed by atoms with van der Waals surface area (Å²) >= 11 is 5.94. The van der Waals surface area contributed by atoms with Crippen molar-refractivity contribution in [2.24, 2.45) is 0 Å². The fourth-order valence-corrected chi connectivity index (χ4v) is 2.00. The standard InChI is InChI=1S/C14H14ClNO/c1-10-4-5-12(15)8-13(10)14(17)7-11-3-2-6-16-9-11/h2-6,8-9,14,17H,7H2,1H3. The molecule has 0 fully saturated rings. The quantitative estimate of drug-likeness (QED) is 0.903. The summed E-state index contributed by atoms with van der Waals surface area (Å²) in [5.41, 5.74) is 2.94. The molecule has 0 radical (unpaired) electrons. The van der Waals surface area contributed by atoms with Crippen LogP contribution in [0.4, 0.5) is 0 Å². The van der Waals surface area contributed by atoms with Crippen LogP contribution < -0.4 is 0 Å². The van der Waals surface area contributed by atoms with Crippen LogP contribution in [0.3, 0.4) is 0 Å². The van der Waals surface area contributed by atoms with Gasteiger partial charge >= 0.3 is 0 Å². The lowest BCUT2D eigenvalue weighted by atomic mass is 9.98. The zero-order valence-corrected chi connectivity index (χ0v) is 10.4. The summed E-state index contributed by atoms with van der Waals surface area (Å²) in [5, 5.41) is 10.8. The molecule has 0 aliphatic carbocycles. The highest BCUT2D eigenvalue weighted by molar-refractivity contribution is 6.30. The van der Waals surface area contributed by atoms with Crippen LogP contribution in [0, 0.1) is 6.92 Å². The number of aryl methyl sites for hydroxylation is 1. The first-order chi connectivity index (χ1) is 8.16. The zero-order chi connectivity index (χ0) is 12.3. The maximum atomic E-state index is 10.2. The van der Waals surface area contributed by atoms with E-state index < -0.39 is 6.10 Å². The van der Waals surface area contributed by atoms with Crippen molar-refractivity contribution < 1.29 is 5.11 Å². The van der Waals surface area contributed by atoms with Gasteiger partial charge in [0.05, 0.1) is 6.10 Å². The van der Waals surface area contributed by atoms with Crippen molar-refractivity contribution in [1.82, 2.24) is 4.98 Å². The Labute approximate surface area is 106 Å². The number of benzene rings is 1. The van der Waals surface area contributed by atoms with Crippen LogP contribution in [0.5, 0.6) is 0 Å². The van der Waals surface area contributed by atoms with E-state index in [2.05, 4.69) is 4.98 Å². The van der Waals surface area contributed by atoms with Gasteiger partial charge in [-0.05, 0) is 41.8 Å². The molecule has 0 spiro atoms. The lowest BCUT2D eigenvalue weighted by Crippen LogP contribution is -2.04. The van der Waals surface area contributed by atoms with Gasteiger partial charge < -0.3 is 5.11 Å². The first kappa shape index (κ1) is 12.1. The highest BCUT2D eigenvalue weighted by Crippen LogP contribution is 2.24. The van der Waals surface area contributed by atoms with Crippen LogP contribution >= 0.6 is 11.6 Å². The molecule has 0 aliphatic rings. The normalized spacial score (nSPS) is 12.4. The van der Waals surface area contributed by atoms with Crippen LogP contribution in [0.15, 0.2) is 42.7 Å². The fraction of sp³-hybridized carbons (Fsp3) is 0.214. The van der Waals surface area contributed by atoms with Crippen LogP contribution in [0.25, 0.3) is 0 Å². The monoisotopic (exact) mass is 247 g/mol. The largest absolute Gasteiger partial charge is 0.388 e. The summed E-state index contributed by atoms with van der Waals surface area (Å²) in [6, 6.07) is 9.39. The number of aliphatic hydroxyl groups excluding tert-OH is 1. The van der Waals surface area contributed by atoms with E-state index in [0.29, 0.717) is 11.4 Å². The van der Waals surface area contributed by atoms with Crippen molar-refractivity contribution >= 4 is 11.6 Å². The van der Waals surface area contributed by atoms with Crippen molar-refractivity contribution in [2.75, 3.05) is 0 Å². The number of nitrogens with zero attached hydrogens (tertiary/aromatic N) is 1. The highest BCUT2D eigenvalue weighted by atomic mass is 35.5. The van der Waals surface area contributed by atoms with Gasteiger partial charge in [0.2, 0.25) is 0 Å². The molecule has 2 rings (SSSR count). The van der Waals surface area contributed by atoms with Crippen LogP contribution in [0.1, 0.15) is 22.8 Å². The number of halogens is 1. The summed E-state index contributed by atoms with van der Waals surface area (Å²) in [5.74, 6) is 0. The van der Waals surface area contributed by atoms with Gasteiger partial charge in [-0.15, -0.1) is 0 Å². The minimum absolute atomic E-state index is 0.544. The number of hydrogen-bond donors (Lipinski definition) is 1. The Kier molecular flexibility index (Phi) is 3.77. The Morgan fingerprint density at radius 2 is 2.18 bits per heavy atom. The van der Waals surface area contributed by atoms with Gasteiger partial charge in [-0.25, -0.2) is 0 Å². The number of rotatable bonds is 3. The lowest BCUT2D eigenvalue weighted by Gasteiger charge is -2.14. The predicted molar refractivity (Wildman–Crippen MR) is 69.1 cm³/mol. The average Bonchev–Trinajstić information content (AvgIpc) is 2.33. The van der Waals surface area contributed by atoms with Gasteiger partial charge in [0, 0.05) is 23.8 Å². The predicted octanol–water partition coefficient (Wildman–Crippen LogP) is 3.32. The van der Waals surface area contributed by atoms with E-state index in [1.54, 1.807) is 12.4 Å². The molecule has 0 saturated carbocycles. The van der Waals surface area contributed by atoms with Crippen LogP contribution in [0.2, 0.25) is 5.02 Å². The minimum Gasteiger partial charge on any atom is -0.388 e. The van der Waals surface area contributed by atoms with Crippen LogP contribution in [-0.2, 0) is 6.42 Å². The fourth-order valence-electron chi connectivity index (χ4n) is 1.82. The Morgan fingerprint density at radius 1 is 1.35 bits per heavy atom. The third-order valence-electron chi connectivity index (χ3n) is 2.75. The van der Waals surface area contributed by atoms with Gasteiger partial charge in [-0.1, -0.05) is 23.7 Å². The van der Waals surface area contributed by atoms with E-state index in [9.17, 15) is 5.11 Å². The average molecular weight is 248 g/mol. The smallest absolute Gasteiger partial charge is 0.0834 e. The molecular formula is C14H14ClNO. The van der Waals surface area contributed by atoms with Gasteiger partial charge in [-0.2, -0.15) is 0 Å². The van der Waals surface area contributed by atoms with Crippen molar-refractivity contribution in [2.45, 2.75) is 19.4 Å². The van der Waals surface area contributed by atoms with Crippen molar-refractivity contribution in [3.05, 3.63) is 64.4 Å². The molecule has 88 valence electrons. The molecule has 1 N–H and O–H groups in total. The van der Waals surface area contributed by atoms with E-state index in [-0.39, 0.29) is 0 Å². The second-order valence-electron chi connectivity index (χ2n) is 4.08. The molecule has 1 atom stereocenters. The topological polar surface area (TPSA) is 33.1 Å². The first-order valence-electron chi connectivity index (χ1n) is 5.50. The molecular weight excluding hydrogens is 234 g/mol. The number of hydrogen-bond acceptors (Lipinski definition) is 2. The highest BCUT2D eigenvalue weighted by Gasteiger charge is 2.11. The van der Waals surface area contributed by atoms with Crippen molar-refractivity contribution in [1.29, 1.82) is 0 Å². The summed E-state index contributed by atoms with van der Waals surface area (Å²) in [7, 11) is 0. The van der Waals surface area contributed by atoms with E-state index >= 15 is 0 Å². The molecule has 17 heavy (non-hydrogen) atoms. The molecule has 1 aromatic carbocycles. The first-order valence-corrected chi connectivity index (χ1v) is 5.87. The van der Waals surface area contributed by atoms with Crippen molar-refractivity contribution in [3.8, 4) is 0 Å². The molecule has 0 saturated heterocycles. The molecule has 3 heteroatoms. The van der Waals surface area contributed by atoms with E-state index in [1.807, 2.05) is 37.3 Å². The van der Waals surface area contributed by atoms with E-state index in [4.69, 9.17) is 11.6 Å². The summed E-state index contributed by atoms with van der Waals surface area (Å²) in [6.45, 7) is 1.97. The van der Waals surface area contributed by atoms with Crippen LogP contribution in [-0.4, -0.2) is 10.1 Å². The van der Waals surface area contributed by atoms with E-state index in [1.165, 1.54) is 0 Å². The molecule has 1 aromatic heterocycles. The maximum absolute atomic E-state index is 10.2. The van der Waals surface area contributed by atoms with Gasteiger partial charge in [0.1, 0.15) is 0 Å². The second kappa shape index (κ2) is 5.30. The van der Waals surface area contributed by atoms with Crippen molar-refractivity contribution in [3.63, 3.8) is 0 Å². The Hall–Kier alpha value is -1.38. The Balaban J connectivity index is 2.20. The molecule has 2 nitrogen and oxygen atoms in total. The molecule has 0 bridgehead atoms. The summed E-state index contributed by atoms with van der Waals surface area (Å²) in [6.07, 6.45) is 3.50. The zero-order valence-electron chi connectivity index (χ0n) is 9.60. The Bertz CT molecular complexity index is 499. The Morgan fingerprint density at radius 3 is 2.88 bits per heavy atom. The second-order valence-corrected chi connectivity index (χ2v) is 4.52. The summed E-state index contributed by atoms with van der Waals surface area (Å²) < 4.78 is 0. The summed E-state index contributed by atoms with van der Waals surface area (Å²) in [4.78, 5) is 4.03. The number of aliphatic hydroxyl groups is 1.